The molecule has 0 nitrogen and oxygen atoms in total. The van der Waals surface area contributed by atoms with Crippen LogP contribution in [0.5, 0.6) is 0 Å². The van der Waals surface area contributed by atoms with E-state index >= 15 is 0 Å². The molecule has 0 aromatic carbocycles. The van der Waals surface area contributed by atoms with Crippen molar-refractivity contribution in [1.29, 1.82) is 0 Å². The lowest BCUT2D eigenvalue weighted by molar-refractivity contribution is 0.0352. The molecule has 6 atom stereocenters. The fraction of sp³-hybridized carbons (Fsp3) is 0.818. The van der Waals surface area contributed by atoms with Crippen molar-refractivity contribution in [2.75, 3.05) is 0 Å². The maximum atomic E-state index is 2.73. The smallest absolute Gasteiger partial charge is 0.00479 e. The lowest BCUT2D eigenvalue weighted by Crippen LogP contribution is -2.46. The molecule has 0 heteroatoms. The van der Waals surface area contributed by atoms with E-state index in [4.69, 9.17) is 0 Å². The summed E-state index contributed by atoms with van der Waals surface area (Å²) in [6, 6.07) is 0. The highest BCUT2D eigenvalue weighted by atomic mass is 14.6. The molecular weight excluding hydrogens is 264 g/mol. The van der Waals surface area contributed by atoms with Gasteiger partial charge in [-0.3, -0.25) is 0 Å². The second-order valence-electron chi connectivity index (χ2n) is 9.42. The van der Waals surface area contributed by atoms with Crippen LogP contribution in [0.2, 0.25) is 0 Å². The third-order valence-corrected chi connectivity index (χ3v) is 8.49. The zero-order valence-electron chi connectivity index (χ0n) is 15.1. The van der Waals surface area contributed by atoms with Gasteiger partial charge in [-0.05, 0) is 92.8 Å². The first kappa shape index (κ1) is 15.0. The summed E-state index contributed by atoms with van der Waals surface area (Å²) < 4.78 is 0. The van der Waals surface area contributed by atoms with Gasteiger partial charge >= 0.3 is 0 Å². The van der Waals surface area contributed by atoms with E-state index < -0.39 is 0 Å². The summed E-state index contributed by atoms with van der Waals surface area (Å²) in [5.74, 6) is 3.79. The summed E-state index contributed by atoms with van der Waals surface area (Å²) in [5, 5.41) is 0. The highest BCUT2D eigenvalue weighted by Crippen LogP contribution is 2.65. The van der Waals surface area contributed by atoms with Crippen molar-refractivity contribution >= 4 is 0 Å². The molecule has 4 aliphatic carbocycles. The van der Waals surface area contributed by atoms with Gasteiger partial charge in [0.05, 0.1) is 0 Å². The van der Waals surface area contributed by atoms with Crippen molar-refractivity contribution < 1.29 is 0 Å². The molecule has 0 amide bonds. The molecule has 0 spiro atoms. The summed E-state index contributed by atoms with van der Waals surface area (Å²) >= 11 is 0. The Labute approximate surface area is 137 Å². The SMILES string of the molecule is C/C=C1/CCC2C3CCC4CC(C)CCC4(C)C3=CCC12C. The average Bonchev–Trinajstić information content (AvgIpc) is 2.84. The van der Waals surface area contributed by atoms with Gasteiger partial charge in [-0.25, -0.2) is 0 Å². The van der Waals surface area contributed by atoms with Crippen molar-refractivity contribution in [3.8, 4) is 0 Å². The molecule has 0 bridgehead atoms. The molecule has 0 saturated heterocycles. The van der Waals surface area contributed by atoms with Crippen LogP contribution in [-0.4, -0.2) is 0 Å². The Kier molecular flexibility index (Phi) is 3.41. The van der Waals surface area contributed by atoms with Crippen molar-refractivity contribution in [2.24, 2.45) is 34.5 Å². The zero-order chi connectivity index (χ0) is 15.5. The van der Waals surface area contributed by atoms with Gasteiger partial charge in [0.1, 0.15) is 0 Å². The van der Waals surface area contributed by atoms with Crippen LogP contribution >= 0.6 is 0 Å². The molecule has 6 unspecified atom stereocenters. The van der Waals surface area contributed by atoms with Gasteiger partial charge in [-0.1, -0.05) is 44.1 Å². The van der Waals surface area contributed by atoms with Crippen molar-refractivity contribution in [3.63, 3.8) is 0 Å². The van der Waals surface area contributed by atoms with Gasteiger partial charge in [0, 0.05) is 0 Å². The van der Waals surface area contributed by atoms with Gasteiger partial charge in [-0.15, -0.1) is 0 Å². The Balaban J connectivity index is 1.71. The number of hydrogen-bond donors (Lipinski definition) is 0. The Hall–Kier alpha value is -0.520. The number of allylic oxidation sites excluding steroid dienone is 4. The normalized spacial score (nSPS) is 52.7. The monoisotopic (exact) mass is 298 g/mol. The molecule has 22 heavy (non-hydrogen) atoms. The average molecular weight is 299 g/mol. The molecule has 122 valence electrons. The van der Waals surface area contributed by atoms with Gasteiger partial charge in [-0.2, -0.15) is 0 Å². The zero-order valence-corrected chi connectivity index (χ0v) is 15.1. The van der Waals surface area contributed by atoms with Crippen LogP contribution in [0.4, 0.5) is 0 Å². The van der Waals surface area contributed by atoms with E-state index in [2.05, 4.69) is 39.8 Å². The Bertz CT molecular complexity index is 524. The summed E-state index contributed by atoms with van der Waals surface area (Å²) in [4.78, 5) is 0. The first-order chi connectivity index (χ1) is 10.5. The standard InChI is InChI=1S/C22H34/c1-5-16-7-9-19-18-8-6-17-14-15(2)10-12-22(17,4)20(18)11-13-21(16,19)3/h5,11,15,17-19H,6-10,12-14H2,1-4H3/b16-5-. The Morgan fingerprint density at radius 1 is 1.09 bits per heavy atom. The van der Waals surface area contributed by atoms with Gasteiger partial charge in [0.15, 0.2) is 0 Å². The van der Waals surface area contributed by atoms with Crippen molar-refractivity contribution in [3.05, 3.63) is 23.3 Å². The topological polar surface area (TPSA) is 0 Å². The van der Waals surface area contributed by atoms with Crippen LogP contribution in [-0.2, 0) is 0 Å². The van der Waals surface area contributed by atoms with E-state index in [0.29, 0.717) is 10.8 Å². The van der Waals surface area contributed by atoms with Crippen LogP contribution in [0, 0.1) is 34.5 Å². The third-order valence-electron chi connectivity index (χ3n) is 8.49. The molecule has 3 fully saturated rings. The van der Waals surface area contributed by atoms with Crippen LogP contribution in [0.15, 0.2) is 23.3 Å². The lowest BCUT2D eigenvalue weighted by Gasteiger charge is -2.56. The Morgan fingerprint density at radius 2 is 1.91 bits per heavy atom. The number of fused-ring (bicyclic) bond motifs is 5. The second kappa shape index (κ2) is 4.99. The quantitative estimate of drug-likeness (QED) is 0.446. The van der Waals surface area contributed by atoms with E-state index in [9.17, 15) is 0 Å². The van der Waals surface area contributed by atoms with E-state index in [1.165, 1.54) is 51.4 Å². The first-order valence-electron chi connectivity index (χ1n) is 9.85. The fourth-order valence-corrected chi connectivity index (χ4v) is 7.07. The predicted molar refractivity (Wildman–Crippen MR) is 94.6 cm³/mol. The summed E-state index contributed by atoms with van der Waals surface area (Å²) in [5.41, 5.74) is 4.72. The van der Waals surface area contributed by atoms with E-state index in [1.807, 2.05) is 5.57 Å². The highest BCUT2D eigenvalue weighted by Gasteiger charge is 2.55. The second-order valence-corrected chi connectivity index (χ2v) is 9.42. The molecule has 0 aliphatic heterocycles. The molecule has 4 rings (SSSR count). The molecule has 0 radical (unpaired) electrons. The lowest BCUT2D eigenvalue weighted by atomic mass is 9.48. The van der Waals surface area contributed by atoms with Gasteiger partial charge in [0.25, 0.3) is 0 Å². The minimum absolute atomic E-state index is 0.494. The molecule has 4 aliphatic rings. The first-order valence-corrected chi connectivity index (χ1v) is 9.85. The molecule has 0 aromatic heterocycles. The molecule has 0 N–H and O–H groups in total. The van der Waals surface area contributed by atoms with Crippen molar-refractivity contribution in [2.45, 2.75) is 79.1 Å². The van der Waals surface area contributed by atoms with E-state index in [1.54, 1.807) is 5.57 Å². The van der Waals surface area contributed by atoms with Crippen LogP contribution in [0.25, 0.3) is 0 Å². The van der Waals surface area contributed by atoms with Crippen molar-refractivity contribution in [1.82, 2.24) is 0 Å². The summed E-state index contributed by atoms with van der Waals surface area (Å²) in [6.07, 6.45) is 16.7. The summed E-state index contributed by atoms with van der Waals surface area (Å²) in [7, 11) is 0. The third kappa shape index (κ3) is 1.88. The number of hydrogen-bond acceptors (Lipinski definition) is 0. The molecular formula is C22H34. The van der Waals surface area contributed by atoms with Crippen LogP contribution in [0.3, 0.4) is 0 Å². The molecule has 0 aromatic rings. The maximum absolute atomic E-state index is 2.73. The van der Waals surface area contributed by atoms with E-state index in [0.717, 1.165) is 23.7 Å². The number of rotatable bonds is 0. The molecule has 3 saturated carbocycles. The molecule has 0 heterocycles. The fourth-order valence-electron chi connectivity index (χ4n) is 7.07. The van der Waals surface area contributed by atoms with Gasteiger partial charge < -0.3 is 0 Å². The maximum Gasteiger partial charge on any atom is -0.00479 e. The largest absolute Gasteiger partial charge is 0.0879 e. The van der Waals surface area contributed by atoms with E-state index in [-0.39, 0.29) is 0 Å². The minimum Gasteiger partial charge on any atom is -0.0879 e. The van der Waals surface area contributed by atoms with Crippen LogP contribution in [0.1, 0.15) is 79.1 Å². The van der Waals surface area contributed by atoms with Crippen LogP contribution < -0.4 is 0 Å². The highest BCUT2D eigenvalue weighted by molar-refractivity contribution is 5.34. The predicted octanol–water partition coefficient (Wildman–Crippen LogP) is 6.53. The van der Waals surface area contributed by atoms with Gasteiger partial charge in [0.2, 0.25) is 0 Å². The summed E-state index contributed by atoms with van der Waals surface area (Å²) in [6.45, 7) is 9.95. The Morgan fingerprint density at radius 3 is 2.68 bits per heavy atom. The minimum atomic E-state index is 0.494.